The first-order valence-electron chi connectivity index (χ1n) is 6.37. The molecule has 1 fully saturated rings. The summed E-state index contributed by atoms with van der Waals surface area (Å²) >= 11 is 0. The van der Waals surface area contributed by atoms with E-state index in [1.807, 2.05) is 6.07 Å². The first-order valence-corrected chi connectivity index (χ1v) is 6.37. The van der Waals surface area contributed by atoms with Crippen molar-refractivity contribution in [3.8, 4) is 0 Å². The fraction of sp³-hybridized carbons (Fsp3) is 0.571. The minimum absolute atomic E-state index is 0.103. The second-order valence-corrected chi connectivity index (χ2v) is 5.00. The standard InChI is InChI=1S/C14H18FN/c15-14-12-4-2-1-3-10(12)5-6-13(14)11-7-8-16-9-11/h5-6,11,16H,1-4,7-9H2. The van der Waals surface area contributed by atoms with Crippen LogP contribution in [0.15, 0.2) is 12.1 Å². The average molecular weight is 219 g/mol. The molecular formula is C14H18FN. The smallest absolute Gasteiger partial charge is 0.130 e. The Kier molecular flexibility index (Phi) is 2.68. The predicted molar refractivity (Wildman–Crippen MR) is 63.3 cm³/mol. The number of rotatable bonds is 1. The zero-order valence-electron chi connectivity index (χ0n) is 9.56. The average Bonchev–Trinajstić information content (AvgIpc) is 2.83. The van der Waals surface area contributed by atoms with Gasteiger partial charge < -0.3 is 5.32 Å². The minimum Gasteiger partial charge on any atom is -0.316 e. The molecule has 1 aliphatic heterocycles. The molecule has 1 nitrogen and oxygen atoms in total. The summed E-state index contributed by atoms with van der Waals surface area (Å²) in [6.07, 6.45) is 5.45. The summed E-state index contributed by atoms with van der Waals surface area (Å²) in [4.78, 5) is 0. The molecule has 2 aliphatic rings. The largest absolute Gasteiger partial charge is 0.316 e. The molecule has 1 atom stereocenters. The van der Waals surface area contributed by atoms with Gasteiger partial charge in [0.15, 0.2) is 0 Å². The van der Waals surface area contributed by atoms with Crippen molar-refractivity contribution < 1.29 is 4.39 Å². The van der Waals surface area contributed by atoms with Crippen LogP contribution in [-0.2, 0) is 12.8 Å². The number of benzene rings is 1. The summed E-state index contributed by atoms with van der Waals surface area (Å²) in [5.74, 6) is 0.498. The Balaban J connectivity index is 1.99. The van der Waals surface area contributed by atoms with Gasteiger partial charge in [0, 0.05) is 12.5 Å². The van der Waals surface area contributed by atoms with Crippen LogP contribution in [0, 0.1) is 5.82 Å². The number of hydrogen-bond acceptors (Lipinski definition) is 1. The molecule has 0 aromatic heterocycles. The van der Waals surface area contributed by atoms with Gasteiger partial charge in [-0.15, -0.1) is 0 Å². The van der Waals surface area contributed by atoms with E-state index in [9.17, 15) is 4.39 Å². The van der Waals surface area contributed by atoms with E-state index in [2.05, 4.69) is 11.4 Å². The number of fused-ring (bicyclic) bond motifs is 1. The second kappa shape index (κ2) is 4.17. The van der Waals surface area contributed by atoms with Crippen molar-refractivity contribution in [2.24, 2.45) is 0 Å². The topological polar surface area (TPSA) is 12.0 Å². The second-order valence-electron chi connectivity index (χ2n) is 5.00. The third-order valence-electron chi connectivity index (χ3n) is 3.99. The van der Waals surface area contributed by atoms with Crippen LogP contribution in [-0.4, -0.2) is 13.1 Å². The summed E-state index contributed by atoms with van der Waals surface area (Å²) in [7, 11) is 0. The van der Waals surface area contributed by atoms with E-state index in [-0.39, 0.29) is 5.82 Å². The highest BCUT2D eigenvalue weighted by Gasteiger charge is 2.23. The van der Waals surface area contributed by atoms with E-state index >= 15 is 0 Å². The Morgan fingerprint density at radius 1 is 1.19 bits per heavy atom. The summed E-state index contributed by atoms with van der Waals surface area (Å²) < 4.78 is 14.4. The Labute approximate surface area is 96.1 Å². The molecule has 0 spiro atoms. The first-order chi connectivity index (χ1) is 7.86. The van der Waals surface area contributed by atoms with Crippen molar-refractivity contribution in [1.82, 2.24) is 5.32 Å². The molecule has 0 amide bonds. The molecule has 1 aromatic rings. The van der Waals surface area contributed by atoms with Gasteiger partial charge in [0.25, 0.3) is 0 Å². The maximum Gasteiger partial charge on any atom is 0.130 e. The summed E-state index contributed by atoms with van der Waals surface area (Å²) in [6, 6.07) is 4.18. The fourth-order valence-electron chi connectivity index (χ4n) is 3.04. The van der Waals surface area contributed by atoms with Crippen molar-refractivity contribution in [1.29, 1.82) is 0 Å². The van der Waals surface area contributed by atoms with E-state index in [4.69, 9.17) is 0 Å². The van der Waals surface area contributed by atoms with Gasteiger partial charge in [-0.2, -0.15) is 0 Å². The Bertz CT molecular complexity index is 394. The Morgan fingerprint density at radius 2 is 2.06 bits per heavy atom. The number of hydrogen-bond donors (Lipinski definition) is 1. The fourth-order valence-corrected chi connectivity index (χ4v) is 3.04. The lowest BCUT2D eigenvalue weighted by molar-refractivity contribution is 0.551. The van der Waals surface area contributed by atoms with E-state index in [1.165, 1.54) is 12.0 Å². The van der Waals surface area contributed by atoms with E-state index in [0.29, 0.717) is 5.92 Å². The van der Waals surface area contributed by atoms with Gasteiger partial charge in [0.2, 0.25) is 0 Å². The van der Waals surface area contributed by atoms with E-state index in [1.54, 1.807) is 0 Å². The lowest BCUT2D eigenvalue weighted by Gasteiger charge is -2.20. The maximum absolute atomic E-state index is 14.4. The normalized spacial score (nSPS) is 24.4. The zero-order chi connectivity index (χ0) is 11.0. The van der Waals surface area contributed by atoms with Crippen molar-refractivity contribution in [3.05, 3.63) is 34.6 Å². The van der Waals surface area contributed by atoms with Gasteiger partial charge in [-0.05, 0) is 55.3 Å². The highest BCUT2D eigenvalue weighted by Crippen LogP contribution is 2.31. The number of halogens is 1. The van der Waals surface area contributed by atoms with Crippen molar-refractivity contribution in [2.75, 3.05) is 13.1 Å². The third kappa shape index (κ3) is 1.65. The molecule has 0 bridgehead atoms. The lowest BCUT2D eigenvalue weighted by Crippen LogP contribution is -2.12. The number of nitrogens with one attached hydrogen (secondary N) is 1. The van der Waals surface area contributed by atoms with Crippen LogP contribution < -0.4 is 5.32 Å². The molecule has 1 unspecified atom stereocenters. The van der Waals surface area contributed by atoms with Crippen LogP contribution in [0.25, 0.3) is 0 Å². The molecule has 1 saturated heterocycles. The Hall–Kier alpha value is -0.890. The van der Waals surface area contributed by atoms with Crippen LogP contribution in [0.1, 0.15) is 41.9 Å². The highest BCUT2D eigenvalue weighted by atomic mass is 19.1. The Morgan fingerprint density at radius 3 is 2.88 bits per heavy atom. The number of aryl methyl sites for hydroxylation is 1. The van der Waals surface area contributed by atoms with Gasteiger partial charge in [-0.3, -0.25) is 0 Å². The van der Waals surface area contributed by atoms with Gasteiger partial charge >= 0.3 is 0 Å². The molecule has 1 heterocycles. The van der Waals surface area contributed by atoms with Crippen molar-refractivity contribution in [2.45, 2.75) is 38.0 Å². The van der Waals surface area contributed by atoms with Crippen LogP contribution in [0.4, 0.5) is 4.39 Å². The van der Waals surface area contributed by atoms with Gasteiger partial charge in [0.1, 0.15) is 5.82 Å². The van der Waals surface area contributed by atoms with Crippen molar-refractivity contribution in [3.63, 3.8) is 0 Å². The maximum atomic E-state index is 14.4. The van der Waals surface area contributed by atoms with E-state index in [0.717, 1.165) is 49.9 Å². The summed E-state index contributed by atoms with van der Waals surface area (Å²) in [6.45, 7) is 1.97. The zero-order valence-corrected chi connectivity index (χ0v) is 9.56. The first kappa shape index (κ1) is 10.3. The van der Waals surface area contributed by atoms with Crippen LogP contribution in [0.2, 0.25) is 0 Å². The monoisotopic (exact) mass is 219 g/mol. The SMILES string of the molecule is Fc1c(C2CCNC2)ccc2c1CCCC2. The van der Waals surface area contributed by atoms with Crippen LogP contribution >= 0.6 is 0 Å². The third-order valence-corrected chi connectivity index (χ3v) is 3.99. The lowest BCUT2D eigenvalue weighted by atomic mass is 9.86. The molecule has 16 heavy (non-hydrogen) atoms. The van der Waals surface area contributed by atoms with Gasteiger partial charge in [0.05, 0.1) is 0 Å². The molecule has 0 radical (unpaired) electrons. The molecular weight excluding hydrogens is 201 g/mol. The van der Waals surface area contributed by atoms with Crippen LogP contribution in [0.5, 0.6) is 0 Å². The molecule has 1 aromatic carbocycles. The molecule has 3 rings (SSSR count). The molecule has 0 saturated carbocycles. The van der Waals surface area contributed by atoms with E-state index < -0.39 is 0 Å². The molecule has 1 aliphatic carbocycles. The van der Waals surface area contributed by atoms with Crippen LogP contribution in [0.3, 0.4) is 0 Å². The molecule has 1 N–H and O–H groups in total. The van der Waals surface area contributed by atoms with Gasteiger partial charge in [-0.1, -0.05) is 12.1 Å². The predicted octanol–water partition coefficient (Wildman–Crippen LogP) is 2.78. The van der Waals surface area contributed by atoms with Crippen molar-refractivity contribution >= 4 is 0 Å². The molecule has 86 valence electrons. The van der Waals surface area contributed by atoms with Gasteiger partial charge in [-0.25, -0.2) is 4.39 Å². The quantitative estimate of drug-likeness (QED) is 0.766. The minimum atomic E-state index is 0.103. The summed E-state index contributed by atoms with van der Waals surface area (Å²) in [5.41, 5.74) is 3.21. The summed E-state index contributed by atoms with van der Waals surface area (Å²) in [5, 5.41) is 3.31. The molecule has 2 heteroatoms. The highest BCUT2D eigenvalue weighted by molar-refractivity contribution is 5.37.